The van der Waals surface area contributed by atoms with E-state index in [-0.39, 0.29) is 18.0 Å². The third-order valence-corrected chi connectivity index (χ3v) is 4.52. The van der Waals surface area contributed by atoms with Crippen LogP contribution in [0.25, 0.3) is 0 Å². The van der Waals surface area contributed by atoms with Gasteiger partial charge in [0.1, 0.15) is 5.82 Å². The molecule has 0 spiro atoms. The lowest BCUT2D eigenvalue weighted by Crippen LogP contribution is -2.44. The van der Waals surface area contributed by atoms with E-state index in [1.807, 2.05) is 24.3 Å². The Labute approximate surface area is 158 Å². The van der Waals surface area contributed by atoms with Gasteiger partial charge in [0, 0.05) is 43.1 Å². The molecule has 0 radical (unpaired) electrons. The first-order valence-electron chi connectivity index (χ1n) is 8.88. The summed E-state index contributed by atoms with van der Waals surface area (Å²) >= 11 is 0. The largest absolute Gasteiger partial charge is 0.369 e. The summed E-state index contributed by atoms with van der Waals surface area (Å²) in [6, 6.07) is 13.0. The molecule has 0 unspecified atom stereocenters. The van der Waals surface area contributed by atoms with Gasteiger partial charge in [-0.3, -0.25) is 9.59 Å². The molecule has 0 bridgehead atoms. The summed E-state index contributed by atoms with van der Waals surface area (Å²) in [6.07, 6.45) is 0. The van der Waals surface area contributed by atoms with Crippen molar-refractivity contribution in [3.8, 4) is 0 Å². The molecule has 27 heavy (non-hydrogen) atoms. The first kappa shape index (κ1) is 18.8. The predicted molar refractivity (Wildman–Crippen MR) is 104 cm³/mol. The third-order valence-electron chi connectivity index (χ3n) is 4.52. The molecule has 1 aliphatic rings. The SMILES string of the molecule is CN1CCN(c2ccc(NC(=O)CNC(=O)c3cccc(F)c3)cc2)CC1. The highest BCUT2D eigenvalue weighted by molar-refractivity contribution is 5.99. The maximum atomic E-state index is 13.1. The Kier molecular flexibility index (Phi) is 6.03. The molecule has 1 aliphatic heterocycles. The molecule has 1 heterocycles. The molecule has 3 rings (SSSR count). The normalized spacial score (nSPS) is 14.7. The van der Waals surface area contributed by atoms with Crippen molar-refractivity contribution in [2.75, 3.05) is 50.0 Å². The minimum atomic E-state index is -0.493. The zero-order valence-electron chi connectivity index (χ0n) is 15.2. The molecule has 7 heteroatoms. The number of amides is 2. The number of likely N-dealkylation sites (N-methyl/N-ethyl adjacent to an activating group) is 1. The molecule has 0 atom stereocenters. The van der Waals surface area contributed by atoms with Crippen LogP contribution in [0.1, 0.15) is 10.4 Å². The van der Waals surface area contributed by atoms with Gasteiger partial charge < -0.3 is 20.4 Å². The minimum Gasteiger partial charge on any atom is -0.369 e. The van der Waals surface area contributed by atoms with Gasteiger partial charge in [-0.05, 0) is 49.5 Å². The quantitative estimate of drug-likeness (QED) is 0.844. The summed E-state index contributed by atoms with van der Waals surface area (Å²) in [5.74, 6) is -1.32. The van der Waals surface area contributed by atoms with Crippen LogP contribution in [0.15, 0.2) is 48.5 Å². The van der Waals surface area contributed by atoms with Crippen LogP contribution in [0.2, 0.25) is 0 Å². The number of rotatable bonds is 5. The van der Waals surface area contributed by atoms with E-state index in [1.54, 1.807) is 0 Å². The molecule has 0 saturated carbocycles. The smallest absolute Gasteiger partial charge is 0.251 e. The molecule has 2 aromatic carbocycles. The average molecular weight is 370 g/mol. The molecule has 2 N–H and O–H groups in total. The molecular formula is C20H23FN4O2. The molecule has 142 valence electrons. The molecule has 0 aliphatic carbocycles. The van der Waals surface area contributed by atoms with Crippen LogP contribution < -0.4 is 15.5 Å². The van der Waals surface area contributed by atoms with E-state index < -0.39 is 11.7 Å². The number of nitrogens with one attached hydrogen (secondary N) is 2. The van der Waals surface area contributed by atoms with Crippen molar-refractivity contribution in [1.29, 1.82) is 0 Å². The van der Waals surface area contributed by atoms with Crippen LogP contribution in [0.4, 0.5) is 15.8 Å². The lowest BCUT2D eigenvalue weighted by Gasteiger charge is -2.34. The number of carbonyl (C=O) groups excluding carboxylic acids is 2. The van der Waals surface area contributed by atoms with Gasteiger partial charge in [0.15, 0.2) is 0 Å². The van der Waals surface area contributed by atoms with E-state index in [9.17, 15) is 14.0 Å². The second-order valence-electron chi connectivity index (χ2n) is 6.58. The number of halogens is 1. The van der Waals surface area contributed by atoms with Crippen LogP contribution in [-0.2, 0) is 4.79 Å². The van der Waals surface area contributed by atoms with Crippen LogP contribution in [0.5, 0.6) is 0 Å². The van der Waals surface area contributed by atoms with Crippen molar-refractivity contribution in [2.24, 2.45) is 0 Å². The first-order chi connectivity index (χ1) is 13.0. The van der Waals surface area contributed by atoms with Gasteiger partial charge >= 0.3 is 0 Å². The Morgan fingerprint density at radius 1 is 1.04 bits per heavy atom. The maximum Gasteiger partial charge on any atom is 0.251 e. The number of hydrogen-bond donors (Lipinski definition) is 2. The summed E-state index contributed by atoms with van der Waals surface area (Å²) in [4.78, 5) is 28.6. The summed E-state index contributed by atoms with van der Waals surface area (Å²) in [5.41, 5.74) is 1.97. The Morgan fingerprint density at radius 2 is 1.74 bits per heavy atom. The first-order valence-corrected chi connectivity index (χ1v) is 8.88. The van der Waals surface area contributed by atoms with Crippen LogP contribution in [-0.4, -0.2) is 56.5 Å². The lowest BCUT2D eigenvalue weighted by atomic mass is 10.2. The number of anilines is 2. The maximum absolute atomic E-state index is 13.1. The lowest BCUT2D eigenvalue weighted by molar-refractivity contribution is -0.115. The summed E-state index contributed by atoms with van der Waals surface area (Å²) in [6.45, 7) is 3.84. The number of carbonyl (C=O) groups is 2. The monoisotopic (exact) mass is 370 g/mol. The number of hydrogen-bond acceptors (Lipinski definition) is 4. The molecule has 2 amide bonds. The minimum absolute atomic E-state index is 0.180. The Morgan fingerprint density at radius 3 is 2.41 bits per heavy atom. The summed E-state index contributed by atoms with van der Waals surface area (Å²) in [7, 11) is 2.11. The molecule has 1 fully saturated rings. The van der Waals surface area contributed by atoms with E-state index >= 15 is 0 Å². The van der Waals surface area contributed by atoms with Crippen molar-refractivity contribution >= 4 is 23.2 Å². The van der Waals surface area contributed by atoms with Gasteiger partial charge in [0.05, 0.1) is 6.54 Å². The van der Waals surface area contributed by atoms with Gasteiger partial charge in [0.2, 0.25) is 5.91 Å². The van der Waals surface area contributed by atoms with E-state index in [4.69, 9.17) is 0 Å². The van der Waals surface area contributed by atoms with Crippen molar-refractivity contribution in [3.63, 3.8) is 0 Å². The molecule has 6 nitrogen and oxygen atoms in total. The Bertz CT molecular complexity index is 802. The number of benzene rings is 2. The van der Waals surface area contributed by atoms with Gasteiger partial charge in [-0.25, -0.2) is 4.39 Å². The van der Waals surface area contributed by atoms with E-state index in [0.29, 0.717) is 5.69 Å². The standard InChI is InChI=1S/C20H23FN4O2/c1-24-9-11-25(12-10-24)18-7-5-17(6-8-18)23-19(26)14-22-20(27)15-3-2-4-16(21)13-15/h2-8,13H,9-12,14H2,1H3,(H,22,27)(H,23,26). The van der Waals surface area contributed by atoms with Crippen molar-refractivity contribution in [2.45, 2.75) is 0 Å². The zero-order chi connectivity index (χ0) is 19.2. The van der Waals surface area contributed by atoms with Crippen molar-refractivity contribution in [1.82, 2.24) is 10.2 Å². The van der Waals surface area contributed by atoms with Crippen LogP contribution in [0, 0.1) is 5.82 Å². The number of nitrogens with zero attached hydrogens (tertiary/aromatic N) is 2. The van der Waals surface area contributed by atoms with Gasteiger partial charge in [-0.1, -0.05) is 6.07 Å². The molecule has 0 aromatic heterocycles. The second kappa shape index (κ2) is 8.64. The van der Waals surface area contributed by atoms with Crippen molar-refractivity contribution in [3.05, 3.63) is 59.9 Å². The second-order valence-corrected chi connectivity index (χ2v) is 6.58. The van der Waals surface area contributed by atoms with E-state index in [1.165, 1.54) is 18.2 Å². The fourth-order valence-electron chi connectivity index (χ4n) is 2.92. The van der Waals surface area contributed by atoms with Crippen LogP contribution >= 0.6 is 0 Å². The zero-order valence-corrected chi connectivity index (χ0v) is 15.2. The fourth-order valence-corrected chi connectivity index (χ4v) is 2.92. The fraction of sp³-hybridized carbons (Fsp3) is 0.300. The number of piperazine rings is 1. The third kappa shape index (κ3) is 5.27. The van der Waals surface area contributed by atoms with Gasteiger partial charge in [-0.15, -0.1) is 0 Å². The summed E-state index contributed by atoms with van der Waals surface area (Å²) in [5, 5.41) is 5.23. The average Bonchev–Trinajstić information content (AvgIpc) is 2.67. The molecule has 2 aromatic rings. The molecular weight excluding hydrogens is 347 g/mol. The van der Waals surface area contributed by atoms with Gasteiger partial charge in [0.25, 0.3) is 5.91 Å². The van der Waals surface area contributed by atoms with E-state index in [0.717, 1.165) is 37.9 Å². The van der Waals surface area contributed by atoms with Crippen molar-refractivity contribution < 1.29 is 14.0 Å². The Hall–Kier alpha value is -2.93. The summed E-state index contributed by atoms with van der Waals surface area (Å²) < 4.78 is 13.1. The van der Waals surface area contributed by atoms with Gasteiger partial charge in [-0.2, -0.15) is 0 Å². The predicted octanol–water partition coefficient (Wildman–Crippen LogP) is 1.95. The molecule has 1 saturated heterocycles. The highest BCUT2D eigenvalue weighted by Gasteiger charge is 2.14. The Balaban J connectivity index is 1.48. The van der Waals surface area contributed by atoms with Crippen LogP contribution in [0.3, 0.4) is 0 Å². The van der Waals surface area contributed by atoms with E-state index in [2.05, 4.69) is 27.5 Å². The highest BCUT2D eigenvalue weighted by Crippen LogP contribution is 2.19. The topological polar surface area (TPSA) is 64.7 Å². The highest BCUT2D eigenvalue weighted by atomic mass is 19.1.